The number of aliphatic carboxylic acids is 1. The number of amides is 1. The number of benzene rings is 1. The second-order valence-corrected chi connectivity index (χ2v) is 7.04. The van der Waals surface area contributed by atoms with Gasteiger partial charge in [0.15, 0.2) is 0 Å². The van der Waals surface area contributed by atoms with Gasteiger partial charge >= 0.3 is 5.97 Å². The van der Waals surface area contributed by atoms with Gasteiger partial charge in [-0.1, -0.05) is 26.0 Å². The van der Waals surface area contributed by atoms with Crippen LogP contribution in [0.3, 0.4) is 0 Å². The molecule has 1 amide bonds. The standard InChI is InChI=1S/C20H27N3O3/c1-13(2)12-23-15(4)18(14(3)22-23)11-19(24)21-17-8-5-16(6-9-17)7-10-20(25)26/h5-6,8-9,13H,7,10-12H2,1-4H3,(H,21,24)(H,25,26). The van der Waals surface area contributed by atoms with Gasteiger partial charge in [-0.2, -0.15) is 5.10 Å². The lowest BCUT2D eigenvalue weighted by molar-refractivity contribution is -0.137. The van der Waals surface area contributed by atoms with Crippen molar-refractivity contribution >= 4 is 17.6 Å². The molecule has 0 spiro atoms. The minimum Gasteiger partial charge on any atom is -0.481 e. The van der Waals surface area contributed by atoms with Gasteiger partial charge in [0.1, 0.15) is 0 Å². The third-order valence-corrected chi connectivity index (χ3v) is 4.27. The van der Waals surface area contributed by atoms with Crippen LogP contribution in [0, 0.1) is 19.8 Å². The van der Waals surface area contributed by atoms with Crippen molar-refractivity contribution in [3.05, 3.63) is 46.8 Å². The number of aromatic nitrogens is 2. The lowest BCUT2D eigenvalue weighted by Crippen LogP contribution is -2.15. The normalized spacial score (nSPS) is 11.0. The zero-order valence-corrected chi connectivity index (χ0v) is 15.9. The van der Waals surface area contributed by atoms with Crippen molar-refractivity contribution in [3.63, 3.8) is 0 Å². The van der Waals surface area contributed by atoms with Gasteiger partial charge in [0, 0.05) is 29.9 Å². The van der Waals surface area contributed by atoms with Gasteiger partial charge in [0.25, 0.3) is 0 Å². The second kappa shape index (κ2) is 8.65. The summed E-state index contributed by atoms with van der Waals surface area (Å²) in [5, 5.41) is 16.2. The maximum absolute atomic E-state index is 12.4. The Morgan fingerprint density at radius 3 is 2.42 bits per heavy atom. The number of carbonyl (C=O) groups is 2. The van der Waals surface area contributed by atoms with E-state index in [2.05, 4.69) is 24.3 Å². The van der Waals surface area contributed by atoms with Crippen molar-refractivity contribution in [3.8, 4) is 0 Å². The Balaban J connectivity index is 1.98. The number of carboxylic acids is 1. The van der Waals surface area contributed by atoms with Crippen LogP contribution in [-0.4, -0.2) is 26.8 Å². The average molecular weight is 357 g/mol. The SMILES string of the molecule is Cc1nn(CC(C)C)c(C)c1CC(=O)Nc1ccc(CCC(=O)O)cc1. The van der Waals surface area contributed by atoms with Crippen LogP contribution in [0.1, 0.15) is 42.8 Å². The number of carbonyl (C=O) groups excluding carboxylic acids is 1. The molecule has 0 unspecified atom stereocenters. The number of rotatable bonds is 8. The van der Waals surface area contributed by atoms with E-state index in [9.17, 15) is 9.59 Å². The summed E-state index contributed by atoms with van der Waals surface area (Å²) >= 11 is 0. The van der Waals surface area contributed by atoms with E-state index < -0.39 is 5.97 Å². The topological polar surface area (TPSA) is 84.2 Å². The van der Waals surface area contributed by atoms with E-state index in [4.69, 9.17) is 5.11 Å². The Hall–Kier alpha value is -2.63. The summed E-state index contributed by atoms with van der Waals surface area (Å²) in [7, 11) is 0. The first-order valence-corrected chi connectivity index (χ1v) is 8.89. The molecular weight excluding hydrogens is 330 g/mol. The monoisotopic (exact) mass is 357 g/mol. The molecule has 0 saturated heterocycles. The number of nitrogens with one attached hydrogen (secondary N) is 1. The smallest absolute Gasteiger partial charge is 0.303 e. The quantitative estimate of drug-likeness (QED) is 0.759. The van der Waals surface area contributed by atoms with Gasteiger partial charge in [-0.15, -0.1) is 0 Å². The Kier molecular flexibility index (Phi) is 6.55. The van der Waals surface area contributed by atoms with E-state index in [1.165, 1.54) is 0 Å². The summed E-state index contributed by atoms with van der Waals surface area (Å²) < 4.78 is 1.97. The number of carboxylic acid groups (broad SMARTS) is 1. The first-order chi connectivity index (χ1) is 12.3. The van der Waals surface area contributed by atoms with Crippen molar-refractivity contribution in [1.29, 1.82) is 0 Å². The van der Waals surface area contributed by atoms with Crippen LogP contribution in [0.5, 0.6) is 0 Å². The van der Waals surface area contributed by atoms with Crippen LogP contribution < -0.4 is 5.32 Å². The highest BCUT2D eigenvalue weighted by Crippen LogP contribution is 2.17. The molecule has 0 fully saturated rings. The number of hydrogen-bond acceptors (Lipinski definition) is 3. The minimum atomic E-state index is -0.814. The average Bonchev–Trinajstić information content (AvgIpc) is 2.81. The number of anilines is 1. The third kappa shape index (κ3) is 5.44. The number of nitrogens with zero attached hydrogens (tertiary/aromatic N) is 2. The lowest BCUT2D eigenvalue weighted by Gasteiger charge is -2.09. The van der Waals surface area contributed by atoms with E-state index in [1.807, 2.05) is 30.7 Å². The maximum Gasteiger partial charge on any atom is 0.303 e. The largest absolute Gasteiger partial charge is 0.481 e. The highest BCUT2D eigenvalue weighted by molar-refractivity contribution is 5.92. The summed E-state index contributed by atoms with van der Waals surface area (Å²) in [6, 6.07) is 7.29. The zero-order chi connectivity index (χ0) is 19.3. The summed E-state index contributed by atoms with van der Waals surface area (Å²) in [6.07, 6.45) is 0.873. The van der Waals surface area contributed by atoms with Crippen LogP contribution in [0.2, 0.25) is 0 Å². The molecule has 1 aromatic heterocycles. The van der Waals surface area contributed by atoms with Gasteiger partial charge in [0.2, 0.25) is 5.91 Å². The number of aryl methyl sites for hydroxylation is 2. The van der Waals surface area contributed by atoms with Crippen molar-refractivity contribution in [2.75, 3.05) is 5.32 Å². The zero-order valence-electron chi connectivity index (χ0n) is 15.9. The maximum atomic E-state index is 12.4. The molecule has 0 aliphatic carbocycles. The summed E-state index contributed by atoms with van der Waals surface area (Å²) in [5.41, 5.74) is 4.55. The molecule has 140 valence electrons. The van der Waals surface area contributed by atoms with Crippen molar-refractivity contribution in [2.45, 2.75) is 53.5 Å². The number of hydrogen-bond donors (Lipinski definition) is 2. The Morgan fingerprint density at radius 1 is 1.19 bits per heavy atom. The molecule has 0 aliphatic rings. The third-order valence-electron chi connectivity index (χ3n) is 4.27. The van der Waals surface area contributed by atoms with Crippen molar-refractivity contribution in [2.24, 2.45) is 5.92 Å². The minimum absolute atomic E-state index is 0.0846. The molecule has 0 bridgehead atoms. The van der Waals surface area contributed by atoms with Gasteiger partial charge in [-0.05, 0) is 43.9 Å². The molecule has 0 atom stereocenters. The van der Waals surface area contributed by atoms with E-state index in [-0.39, 0.29) is 18.7 Å². The second-order valence-electron chi connectivity index (χ2n) is 7.04. The summed E-state index contributed by atoms with van der Waals surface area (Å²) in [6.45, 7) is 9.06. The fourth-order valence-corrected chi connectivity index (χ4v) is 2.89. The van der Waals surface area contributed by atoms with Crippen LogP contribution in [0.4, 0.5) is 5.69 Å². The molecule has 1 heterocycles. The molecule has 26 heavy (non-hydrogen) atoms. The summed E-state index contributed by atoms with van der Waals surface area (Å²) in [4.78, 5) is 23.0. The molecule has 0 aliphatic heterocycles. The Morgan fingerprint density at radius 2 is 1.85 bits per heavy atom. The molecule has 6 heteroatoms. The fraction of sp³-hybridized carbons (Fsp3) is 0.450. The van der Waals surface area contributed by atoms with Crippen LogP contribution in [-0.2, 0) is 29.0 Å². The molecular formula is C20H27N3O3. The van der Waals surface area contributed by atoms with E-state index in [0.717, 1.165) is 29.1 Å². The molecule has 6 nitrogen and oxygen atoms in total. The molecule has 0 radical (unpaired) electrons. The van der Waals surface area contributed by atoms with E-state index in [1.54, 1.807) is 12.1 Å². The molecule has 2 rings (SSSR count). The summed E-state index contributed by atoms with van der Waals surface area (Å²) in [5.74, 6) is -0.404. The van der Waals surface area contributed by atoms with Gasteiger partial charge in [0.05, 0.1) is 12.1 Å². The van der Waals surface area contributed by atoms with Gasteiger partial charge < -0.3 is 10.4 Å². The van der Waals surface area contributed by atoms with Gasteiger partial charge in [-0.25, -0.2) is 0 Å². The molecule has 2 aromatic rings. The van der Waals surface area contributed by atoms with Crippen LogP contribution >= 0.6 is 0 Å². The van der Waals surface area contributed by atoms with Gasteiger partial charge in [-0.3, -0.25) is 14.3 Å². The Bertz CT molecular complexity index is 776. The molecule has 2 N–H and O–H groups in total. The van der Waals surface area contributed by atoms with Crippen molar-refractivity contribution < 1.29 is 14.7 Å². The fourth-order valence-electron chi connectivity index (χ4n) is 2.89. The van der Waals surface area contributed by atoms with E-state index >= 15 is 0 Å². The van der Waals surface area contributed by atoms with Crippen molar-refractivity contribution in [1.82, 2.24) is 9.78 Å². The predicted octanol–water partition coefficient (Wildman–Crippen LogP) is 3.35. The predicted molar refractivity (Wildman–Crippen MR) is 101 cm³/mol. The Labute approximate surface area is 154 Å². The van der Waals surface area contributed by atoms with Crippen LogP contribution in [0.25, 0.3) is 0 Å². The molecule has 1 aromatic carbocycles. The highest BCUT2D eigenvalue weighted by atomic mass is 16.4. The first kappa shape index (κ1) is 19.7. The lowest BCUT2D eigenvalue weighted by atomic mass is 10.1. The first-order valence-electron chi connectivity index (χ1n) is 8.89. The highest BCUT2D eigenvalue weighted by Gasteiger charge is 2.15. The molecule has 0 saturated carbocycles. The van der Waals surface area contributed by atoms with E-state index in [0.29, 0.717) is 18.0 Å². The van der Waals surface area contributed by atoms with Crippen LogP contribution in [0.15, 0.2) is 24.3 Å².